The Bertz CT molecular complexity index is 665. The zero-order chi connectivity index (χ0) is 16.3. The number of aryl methyl sites for hydroxylation is 1. The van der Waals surface area contributed by atoms with Crippen molar-refractivity contribution in [1.82, 2.24) is 19.8 Å². The minimum absolute atomic E-state index is 0.0114. The second kappa shape index (κ2) is 6.87. The molecule has 120 valence electrons. The van der Waals surface area contributed by atoms with E-state index in [2.05, 4.69) is 10.3 Å². The van der Waals surface area contributed by atoms with E-state index in [4.69, 9.17) is 0 Å². The number of carbonyl (C=O) groups excluding carboxylic acids is 1. The quantitative estimate of drug-likeness (QED) is 0.889. The Kier molecular flexibility index (Phi) is 5.13. The Balaban J connectivity index is 2.15. The minimum atomic E-state index is -0.288. The number of imidazole rings is 1. The van der Waals surface area contributed by atoms with Crippen LogP contribution in [0.2, 0.25) is 0 Å². The number of carbonyl (C=O) groups is 1. The Morgan fingerprint density at radius 1 is 1.45 bits per heavy atom. The van der Waals surface area contributed by atoms with Crippen molar-refractivity contribution in [3.8, 4) is 0 Å². The molecule has 0 bridgehead atoms. The molecule has 0 spiro atoms. The number of fused-ring (bicyclic) bond motifs is 1. The lowest BCUT2D eigenvalue weighted by atomic mass is 10.3. The first-order valence-electron chi connectivity index (χ1n) is 7.53. The molecule has 5 nitrogen and oxygen atoms in total. The highest BCUT2D eigenvalue weighted by Crippen LogP contribution is 2.18. The first kappa shape index (κ1) is 16.4. The standard InChI is InChI=1S/C16H23FN4O/c1-5-21-14-7-6-12(17)8-13(14)19-15(21)9-20(4)10-16(22)18-11(2)3/h6-8,11H,5,9-10H2,1-4H3,(H,18,22). The lowest BCUT2D eigenvalue weighted by Gasteiger charge is -2.17. The fourth-order valence-corrected chi connectivity index (χ4v) is 2.54. The van der Waals surface area contributed by atoms with E-state index < -0.39 is 0 Å². The van der Waals surface area contributed by atoms with Crippen molar-refractivity contribution in [1.29, 1.82) is 0 Å². The summed E-state index contributed by atoms with van der Waals surface area (Å²) in [7, 11) is 1.87. The maximum atomic E-state index is 13.3. The number of likely N-dealkylation sites (N-methyl/N-ethyl adjacent to an activating group) is 1. The average molecular weight is 306 g/mol. The first-order valence-corrected chi connectivity index (χ1v) is 7.53. The Morgan fingerprint density at radius 3 is 2.82 bits per heavy atom. The lowest BCUT2D eigenvalue weighted by Crippen LogP contribution is -2.38. The highest BCUT2D eigenvalue weighted by atomic mass is 19.1. The third-order valence-electron chi connectivity index (χ3n) is 3.38. The van der Waals surface area contributed by atoms with Crippen LogP contribution in [0.4, 0.5) is 4.39 Å². The van der Waals surface area contributed by atoms with Crippen molar-refractivity contribution in [2.75, 3.05) is 13.6 Å². The molecule has 1 N–H and O–H groups in total. The van der Waals surface area contributed by atoms with Crippen molar-refractivity contribution in [2.45, 2.75) is 39.9 Å². The van der Waals surface area contributed by atoms with Gasteiger partial charge >= 0.3 is 0 Å². The number of rotatable bonds is 6. The number of amides is 1. The Hall–Kier alpha value is -1.95. The lowest BCUT2D eigenvalue weighted by molar-refractivity contribution is -0.122. The van der Waals surface area contributed by atoms with E-state index in [1.165, 1.54) is 12.1 Å². The van der Waals surface area contributed by atoms with Gasteiger partial charge in [0.1, 0.15) is 11.6 Å². The monoisotopic (exact) mass is 306 g/mol. The number of benzene rings is 1. The molecule has 2 rings (SSSR count). The van der Waals surface area contributed by atoms with Crippen LogP contribution in [-0.4, -0.2) is 40.0 Å². The van der Waals surface area contributed by atoms with E-state index in [0.717, 1.165) is 17.9 Å². The summed E-state index contributed by atoms with van der Waals surface area (Å²) >= 11 is 0. The van der Waals surface area contributed by atoms with Crippen LogP contribution in [0.3, 0.4) is 0 Å². The van der Waals surface area contributed by atoms with Crippen LogP contribution >= 0.6 is 0 Å². The maximum absolute atomic E-state index is 13.3. The van der Waals surface area contributed by atoms with Gasteiger partial charge in [-0.25, -0.2) is 9.37 Å². The molecule has 2 aromatic rings. The molecule has 1 amide bonds. The fourth-order valence-electron chi connectivity index (χ4n) is 2.54. The van der Waals surface area contributed by atoms with Gasteiger partial charge in [0.25, 0.3) is 0 Å². The molecule has 22 heavy (non-hydrogen) atoms. The smallest absolute Gasteiger partial charge is 0.234 e. The molecule has 1 aromatic heterocycles. The van der Waals surface area contributed by atoms with Gasteiger partial charge < -0.3 is 9.88 Å². The van der Waals surface area contributed by atoms with Gasteiger partial charge in [-0.05, 0) is 40.0 Å². The molecular formula is C16H23FN4O. The zero-order valence-electron chi connectivity index (χ0n) is 13.6. The molecule has 1 heterocycles. The first-order chi connectivity index (χ1) is 10.4. The van der Waals surface area contributed by atoms with Crippen molar-refractivity contribution in [2.24, 2.45) is 0 Å². The van der Waals surface area contributed by atoms with E-state index in [9.17, 15) is 9.18 Å². The largest absolute Gasteiger partial charge is 0.353 e. The maximum Gasteiger partial charge on any atom is 0.234 e. The third kappa shape index (κ3) is 3.82. The topological polar surface area (TPSA) is 50.2 Å². The predicted molar refractivity (Wildman–Crippen MR) is 85.0 cm³/mol. The van der Waals surface area contributed by atoms with Crippen LogP contribution < -0.4 is 5.32 Å². The molecular weight excluding hydrogens is 283 g/mol. The number of hydrogen-bond acceptors (Lipinski definition) is 3. The molecule has 6 heteroatoms. The summed E-state index contributed by atoms with van der Waals surface area (Å²) in [5.74, 6) is 0.537. The van der Waals surface area contributed by atoms with Gasteiger partial charge in [-0.3, -0.25) is 9.69 Å². The van der Waals surface area contributed by atoms with Crippen LogP contribution in [0.15, 0.2) is 18.2 Å². The minimum Gasteiger partial charge on any atom is -0.353 e. The zero-order valence-corrected chi connectivity index (χ0v) is 13.6. The van der Waals surface area contributed by atoms with Crippen LogP contribution in [0.1, 0.15) is 26.6 Å². The van der Waals surface area contributed by atoms with E-state index in [0.29, 0.717) is 18.6 Å². The van der Waals surface area contributed by atoms with Crippen LogP contribution in [0.25, 0.3) is 11.0 Å². The van der Waals surface area contributed by atoms with Crippen LogP contribution in [-0.2, 0) is 17.9 Å². The van der Waals surface area contributed by atoms with Crippen molar-refractivity contribution in [3.63, 3.8) is 0 Å². The van der Waals surface area contributed by atoms with E-state index in [1.54, 1.807) is 6.07 Å². The number of nitrogens with one attached hydrogen (secondary N) is 1. The third-order valence-corrected chi connectivity index (χ3v) is 3.38. The molecule has 0 atom stereocenters. The van der Waals surface area contributed by atoms with E-state index in [-0.39, 0.29) is 17.8 Å². The molecule has 0 aliphatic carbocycles. The summed E-state index contributed by atoms with van der Waals surface area (Å²) in [6, 6.07) is 4.76. The van der Waals surface area contributed by atoms with E-state index in [1.807, 2.05) is 37.3 Å². The summed E-state index contributed by atoms with van der Waals surface area (Å²) in [4.78, 5) is 18.2. The molecule has 0 saturated carbocycles. The average Bonchev–Trinajstić information content (AvgIpc) is 2.73. The fraction of sp³-hybridized carbons (Fsp3) is 0.500. The molecule has 0 unspecified atom stereocenters. The van der Waals surface area contributed by atoms with Gasteiger partial charge in [0.05, 0.1) is 24.1 Å². The molecule has 0 aliphatic heterocycles. The molecule has 0 saturated heterocycles. The second-order valence-corrected chi connectivity index (χ2v) is 5.80. The normalized spacial score (nSPS) is 11.6. The van der Waals surface area contributed by atoms with E-state index >= 15 is 0 Å². The number of aromatic nitrogens is 2. The molecule has 0 fully saturated rings. The van der Waals surface area contributed by atoms with Gasteiger partial charge in [-0.15, -0.1) is 0 Å². The highest BCUT2D eigenvalue weighted by molar-refractivity contribution is 5.78. The highest BCUT2D eigenvalue weighted by Gasteiger charge is 2.14. The molecule has 0 aliphatic rings. The molecule has 0 radical (unpaired) electrons. The Labute approximate surface area is 130 Å². The Morgan fingerprint density at radius 2 is 2.18 bits per heavy atom. The van der Waals surface area contributed by atoms with Gasteiger partial charge in [0.15, 0.2) is 0 Å². The number of nitrogens with zero attached hydrogens (tertiary/aromatic N) is 3. The number of hydrogen-bond donors (Lipinski definition) is 1. The van der Waals surface area contributed by atoms with Crippen LogP contribution in [0, 0.1) is 5.82 Å². The molecule has 1 aromatic carbocycles. The van der Waals surface area contributed by atoms with Crippen molar-refractivity contribution in [3.05, 3.63) is 29.8 Å². The summed E-state index contributed by atoms with van der Waals surface area (Å²) in [6.07, 6.45) is 0. The summed E-state index contributed by atoms with van der Waals surface area (Å²) in [6.45, 7) is 7.49. The van der Waals surface area contributed by atoms with Crippen LogP contribution in [0.5, 0.6) is 0 Å². The second-order valence-electron chi connectivity index (χ2n) is 5.80. The number of halogens is 1. The van der Waals surface area contributed by atoms with Gasteiger partial charge in [0.2, 0.25) is 5.91 Å². The summed E-state index contributed by atoms with van der Waals surface area (Å²) < 4.78 is 15.4. The van der Waals surface area contributed by atoms with Gasteiger partial charge in [-0.2, -0.15) is 0 Å². The SMILES string of the molecule is CCn1c(CN(C)CC(=O)NC(C)C)nc2cc(F)ccc21. The van der Waals surface area contributed by atoms with Crippen molar-refractivity contribution >= 4 is 16.9 Å². The predicted octanol–water partition coefficient (Wildman–Crippen LogP) is 2.15. The summed E-state index contributed by atoms with van der Waals surface area (Å²) in [5.41, 5.74) is 1.57. The van der Waals surface area contributed by atoms with Gasteiger partial charge in [-0.1, -0.05) is 0 Å². The van der Waals surface area contributed by atoms with Gasteiger partial charge in [0, 0.05) is 18.7 Å². The summed E-state index contributed by atoms with van der Waals surface area (Å²) in [5, 5.41) is 2.86. The van der Waals surface area contributed by atoms with Crippen molar-refractivity contribution < 1.29 is 9.18 Å².